The molecule has 7 aromatic rings. The summed E-state index contributed by atoms with van der Waals surface area (Å²) in [4.78, 5) is 48.2. The topological polar surface area (TPSA) is 271 Å². The Labute approximate surface area is 457 Å². The van der Waals surface area contributed by atoms with Gasteiger partial charge in [-0.15, -0.1) is 0 Å². The van der Waals surface area contributed by atoms with Crippen molar-refractivity contribution < 1.29 is 44.7 Å². The zero-order valence-corrected chi connectivity index (χ0v) is 42.0. The lowest BCUT2D eigenvalue weighted by Crippen LogP contribution is -2.12. The lowest BCUT2D eigenvalue weighted by atomic mass is 10.1. The van der Waals surface area contributed by atoms with E-state index in [4.69, 9.17) is 131 Å². The van der Waals surface area contributed by atoms with Gasteiger partial charge in [-0.1, -0.05) is 94.7 Å². The van der Waals surface area contributed by atoms with Crippen LogP contribution in [0.15, 0.2) is 127 Å². The van der Waals surface area contributed by atoms with Crippen LogP contribution in [0.4, 0.5) is 22.7 Å². The molecule has 73 heavy (non-hydrogen) atoms. The number of nitrogens with one attached hydrogen (secondary N) is 2. The lowest BCUT2D eigenvalue weighted by Gasteiger charge is -2.09. The number of nitriles is 2. The summed E-state index contributed by atoms with van der Waals surface area (Å²) in [6.45, 7) is 6.64. The maximum atomic E-state index is 12.0. The molecule has 374 valence electrons. The van der Waals surface area contributed by atoms with Crippen LogP contribution in [0, 0.1) is 29.2 Å². The van der Waals surface area contributed by atoms with Crippen LogP contribution >= 0.6 is 92.8 Å². The summed E-state index contributed by atoms with van der Waals surface area (Å²) in [7, 11) is 0. The van der Waals surface area contributed by atoms with Crippen LogP contribution in [-0.2, 0) is 0 Å². The second kappa shape index (κ2) is 29.7. The van der Waals surface area contributed by atoms with Crippen molar-refractivity contribution in [2.75, 3.05) is 16.4 Å². The van der Waals surface area contributed by atoms with E-state index in [0.717, 1.165) is 0 Å². The number of aromatic hydroxyl groups is 4. The number of halogens is 8. The summed E-state index contributed by atoms with van der Waals surface area (Å²) in [6, 6.07) is 33.9. The minimum absolute atomic E-state index is 0. The Hall–Kier alpha value is -7.59. The molecule has 0 aliphatic rings. The molecule has 0 saturated heterocycles. The van der Waals surface area contributed by atoms with E-state index in [1.807, 2.05) is 12.1 Å². The fourth-order valence-corrected chi connectivity index (χ4v) is 6.53. The minimum Gasteiger partial charge on any atom is -0.507 e. The monoisotopic (exact) mass is 1140 g/mol. The van der Waals surface area contributed by atoms with Gasteiger partial charge in [-0.3, -0.25) is 14.4 Å². The first-order chi connectivity index (χ1) is 34.0. The van der Waals surface area contributed by atoms with Gasteiger partial charge in [0.05, 0.1) is 73.0 Å². The number of hydrogen-bond acceptors (Lipinski definition) is 11. The highest BCUT2D eigenvalue weighted by molar-refractivity contribution is 6.68. The largest absolute Gasteiger partial charge is 0.507 e. The van der Waals surface area contributed by atoms with Crippen molar-refractivity contribution >= 4 is 139 Å². The van der Waals surface area contributed by atoms with Crippen LogP contribution in [0.2, 0.25) is 35.2 Å². The van der Waals surface area contributed by atoms with Crippen molar-refractivity contribution in [1.82, 2.24) is 0 Å². The second-order valence-corrected chi connectivity index (χ2v) is 16.9. The molecule has 0 atom stereocenters. The number of phenolic OH excluding ortho intramolecular Hbond substituents is 3. The number of amides is 2. The highest BCUT2D eigenvalue weighted by atomic mass is 35.5. The van der Waals surface area contributed by atoms with Crippen LogP contribution in [0.3, 0.4) is 0 Å². The highest BCUT2D eigenvalue weighted by Crippen LogP contribution is 2.29. The first-order valence-corrected chi connectivity index (χ1v) is 22.3. The molecule has 0 aliphatic carbocycles. The highest BCUT2D eigenvalue weighted by Gasteiger charge is 2.16. The van der Waals surface area contributed by atoms with E-state index in [1.54, 1.807) is 18.2 Å². The van der Waals surface area contributed by atoms with Crippen LogP contribution in [-0.4, -0.2) is 48.6 Å². The van der Waals surface area contributed by atoms with Gasteiger partial charge >= 0.3 is 5.97 Å². The summed E-state index contributed by atoms with van der Waals surface area (Å²) < 4.78 is 0. The molecule has 0 saturated carbocycles. The average molecular weight is 1150 g/mol. The molecule has 7 rings (SSSR count). The number of nitrogen functional groups attached to an aromatic ring is 1. The summed E-state index contributed by atoms with van der Waals surface area (Å²) >= 11 is 45.2. The molecule has 0 heterocycles. The van der Waals surface area contributed by atoms with Crippen LogP contribution in [0.25, 0.3) is 4.85 Å². The van der Waals surface area contributed by atoms with Gasteiger partial charge in [0, 0.05) is 25.8 Å². The van der Waals surface area contributed by atoms with Gasteiger partial charge in [0.25, 0.3) is 17.1 Å². The van der Waals surface area contributed by atoms with E-state index in [9.17, 15) is 29.4 Å². The molecule has 2 amide bonds. The summed E-state index contributed by atoms with van der Waals surface area (Å²) in [5, 5.41) is 69.8. The van der Waals surface area contributed by atoms with E-state index >= 15 is 0 Å². The molecule has 0 radical (unpaired) electrons. The molecule has 23 heteroatoms. The van der Waals surface area contributed by atoms with E-state index < -0.39 is 23.0 Å². The van der Waals surface area contributed by atoms with Crippen LogP contribution in [0.1, 0.15) is 60.0 Å². The minimum atomic E-state index is -1.19. The van der Waals surface area contributed by atoms with Gasteiger partial charge in [-0.2, -0.15) is 10.5 Å². The Bertz CT molecular complexity index is 3120. The smallest absolute Gasteiger partial charge is 0.339 e. The number of carbonyl (C=O) groups excluding carboxylic acids is 3. The first kappa shape index (κ1) is 61.5. The van der Waals surface area contributed by atoms with E-state index in [2.05, 4.69) is 15.5 Å². The van der Waals surface area contributed by atoms with Crippen molar-refractivity contribution in [3.63, 3.8) is 0 Å². The van der Waals surface area contributed by atoms with Gasteiger partial charge < -0.3 is 41.9 Å². The van der Waals surface area contributed by atoms with Gasteiger partial charge in [-0.05, 0) is 133 Å². The molecular formula is C50H34Cl8N6O9. The molecule has 7 aromatic carbocycles. The fourth-order valence-electron chi connectivity index (χ4n) is 5.06. The number of nitrogens with zero attached hydrogens (tertiary/aromatic N) is 3. The third-order valence-electron chi connectivity index (χ3n) is 8.57. The summed E-state index contributed by atoms with van der Waals surface area (Å²) in [5.41, 5.74) is 7.81. The maximum absolute atomic E-state index is 12.0. The Morgan fingerprint density at radius 3 is 1.16 bits per heavy atom. The molecule has 0 bridgehead atoms. The number of benzene rings is 7. The van der Waals surface area contributed by atoms with Gasteiger partial charge in [0.15, 0.2) is 5.69 Å². The van der Waals surface area contributed by atoms with E-state index in [0.29, 0.717) is 59.0 Å². The van der Waals surface area contributed by atoms with E-state index in [-0.39, 0.29) is 62.7 Å². The Morgan fingerprint density at radius 1 is 0.507 bits per heavy atom. The standard InChI is InChI=1S/2C14H8Cl2N2O2.C7H4Cl2O2.C7H5ClN2.C7H5ClO3.CH4/c2*15-9-2-4-13(19)10(6-9)14(20)18-12-3-1-8(7-17)5-11(12)16;8-4-1-2-6(10)5(3-4)7(9)11;1-10-5-2-3-7(9)6(8)4-5;8-4-1-2-6(9)5(3-4)7(10)11;/h2*1-6,19H,(H,18,20);1-3,10H;2-4H,9H2;1-3,9H,(H,10,11);1H4. The molecule has 0 spiro atoms. The summed E-state index contributed by atoms with van der Waals surface area (Å²) in [5.74, 6) is -3.08. The molecule has 0 aliphatic heterocycles. The van der Waals surface area contributed by atoms with Crippen molar-refractivity contribution in [3.05, 3.63) is 207 Å². The lowest BCUT2D eigenvalue weighted by molar-refractivity contribution is 0.0693. The number of carboxylic acid groups (broad SMARTS) is 1. The zero-order chi connectivity index (χ0) is 53.8. The molecule has 15 nitrogen and oxygen atoms in total. The van der Waals surface area contributed by atoms with Crippen molar-refractivity contribution in [3.8, 4) is 35.1 Å². The van der Waals surface area contributed by atoms with Crippen LogP contribution in [0.5, 0.6) is 23.0 Å². The predicted molar refractivity (Wildman–Crippen MR) is 287 cm³/mol. The van der Waals surface area contributed by atoms with Crippen molar-refractivity contribution in [2.24, 2.45) is 0 Å². The second-order valence-electron chi connectivity index (χ2n) is 13.6. The molecule has 0 fully saturated rings. The first-order valence-electron chi connectivity index (χ1n) is 19.3. The fraction of sp³-hybridized carbons (Fsp3) is 0.0200. The van der Waals surface area contributed by atoms with Crippen molar-refractivity contribution in [2.45, 2.75) is 7.43 Å². The van der Waals surface area contributed by atoms with Gasteiger partial charge in [0.2, 0.25) is 0 Å². The number of nitrogens with two attached hydrogens (primary N) is 1. The Balaban J connectivity index is 0.000000322. The summed E-state index contributed by atoms with van der Waals surface area (Å²) in [6.07, 6.45) is 0. The van der Waals surface area contributed by atoms with Crippen molar-refractivity contribution in [1.29, 1.82) is 10.5 Å². The normalized spacial score (nSPS) is 9.49. The Kier molecular flexibility index (Phi) is 25.0. The van der Waals surface area contributed by atoms with E-state index in [1.165, 1.54) is 109 Å². The third-order valence-corrected chi connectivity index (χ3v) is 10.7. The van der Waals surface area contributed by atoms with Crippen LogP contribution < -0.4 is 16.4 Å². The number of carbonyl (C=O) groups is 4. The molecule has 9 N–H and O–H groups in total. The maximum Gasteiger partial charge on any atom is 0.339 e. The molecule has 0 unspecified atom stereocenters. The molecule has 0 aromatic heterocycles. The number of hydrogen-bond donors (Lipinski definition) is 8. The third kappa shape index (κ3) is 19.5. The quantitative estimate of drug-likeness (QED) is 0.0439. The number of phenols is 4. The Morgan fingerprint density at radius 2 is 0.863 bits per heavy atom. The SMILES string of the molecule is C.N#Cc1ccc(NC(=O)c2cc(Cl)ccc2O)c(Cl)c1.N#Cc1ccc(NC(=O)c2cc(Cl)ccc2O)c(Cl)c1.O=C(Cl)c1cc(Cl)ccc1O.O=C(O)c1cc(Cl)ccc1O.[C-]#[N+]c1ccc(N)c(Cl)c1. The van der Waals surface area contributed by atoms with Gasteiger partial charge in [0.1, 0.15) is 28.6 Å². The van der Waals surface area contributed by atoms with Gasteiger partial charge in [-0.25, -0.2) is 9.64 Å². The number of anilines is 3. The number of carboxylic acids is 1. The number of rotatable bonds is 6. The molecular weight excluding hydrogens is 1110 g/mol. The predicted octanol–water partition coefficient (Wildman–Crippen LogP) is 14.9. The zero-order valence-electron chi connectivity index (χ0n) is 35.9. The average Bonchev–Trinajstić information content (AvgIpc) is 3.34. The number of aromatic carboxylic acids is 1.